The van der Waals surface area contributed by atoms with E-state index in [1.807, 2.05) is 29.4 Å². The molecule has 1 fully saturated rings. The van der Waals surface area contributed by atoms with Crippen molar-refractivity contribution < 1.29 is 14.3 Å². The number of ether oxygens (including phenoxy) is 2. The molecule has 136 valence electrons. The fourth-order valence-corrected chi connectivity index (χ4v) is 3.98. The van der Waals surface area contributed by atoms with Gasteiger partial charge in [-0.25, -0.2) is 0 Å². The summed E-state index contributed by atoms with van der Waals surface area (Å²) in [5, 5.41) is 10.1. The minimum atomic E-state index is -0.853. The van der Waals surface area contributed by atoms with Crippen LogP contribution >= 0.6 is 0 Å². The third kappa shape index (κ3) is 2.68. The van der Waals surface area contributed by atoms with E-state index in [2.05, 4.69) is 24.3 Å². The van der Waals surface area contributed by atoms with Crippen LogP contribution in [0.2, 0.25) is 0 Å². The lowest BCUT2D eigenvalue weighted by Gasteiger charge is -2.46. The van der Waals surface area contributed by atoms with E-state index in [0.717, 1.165) is 37.8 Å². The number of nitrogens with zero attached hydrogens (tertiary/aromatic N) is 2. The average Bonchev–Trinajstić information content (AvgIpc) is 2.92. The quantitative estimate of drug-likeness (QED) is 0.829. The molecule has 0 radical (unpaired) electrons. The van der Waals surface area contributed by atoms with Crippen LogP contribution in [0.3, 0.4) is 0 Å². The lowest BCUT2D eigenvalue weighted by atomic mass is 9.69. The Hall–Kier alpha value is -2.08. The second-order valence-electron chi connectivity index (χ2n) is 7.25. The predicted octanol–water partition coefficient (Wildman–Crippen LogP) is 2.18. The van der Waals surface area contributed by atoms with E-state index in [-0.39, 0.29) is 6.04 Å². The van der Waals surface area contributed by atoms with Crippen LogP contribution in [0.5, 0.6) is 11.5 Å². The molecule has 6 nitrogen and oxygen atoms in total. The van der Waals surface area contributed by atoms with E-state index in [0.29, 0.717) is 11.5 Å². The number of benzene rings is 1. The van der Waals surface area contributed by atoms with Gasteiger partial charge >= 0.3 is 0 Å². The van der Waals surface area contributed by atoms with E-state index in [1.54, 1.807) is 14.2 Å². The summed E-state index contributed by atoms with van der Waals surface area (Å²) in [5.41, 5.74) is -0.408. The molecule has 2 aliphatic rings. The highest BCUT2D eigenvalue weighted by atomic mass is 16.5. The molecule has 0 amide bonds. The van der Waals surface area contributed by atoms with Gasteiger partial charge in [0.15, 0.2) is 17.8 Å². The van der Waals surface area contributed by atoms with Crippen LogP contribution in [-0.2, 0) is 10.3 Å². The van der Waals surface area contributed by atoms with Gasteiger partial charge in [0.25, 0.3) is 0 Å². The average molecular weight is 345 g/mol. The summed E-state index contributed by atoms with van der Waals surface area (Å²) in [6, 6.07) is 5.93. The second-order valence-corrected chi connectivity index (χ2v) is 7.25. The van der Waals surface area contributed by atoms with Crippen molar-refractivity contribution in [3.8, 4) is 11.5 Å². The SMILES string of the molecule is COc1ccc(C2(C=O)N(C3CCNCC3)N=CC2(C)C)cc1OC. The molecule has 1 aromatic carbocycles. The Morgan fingerprint density at radius 2 is 1.88 bits per heavy atom. The van der Waals surface area contributed by atoms with Crippen molar-refractivity contribution in [2.75, 3.05) is 27.3 Å². The molecule has 0 aromatic heterocycles. The van der Waals surface area contributed by atoms with Crippen molar-refractivity contribution >= 4 is 12.5 Å². The van der Waals surface area contributed by atoms with Gasteiger partial charge in [-0.3, -0.25) is 5.01 Å². The van der Waals surface area contributed by atoms with Crippen LogP contribution in [0.25, 0.3) is 0 Å². The molecule has 1 N–H and O–H groups in total. The van der Waals surface area contributed by atoms with E-state index in [1.165, 1.54) is 0 Å². The van der Waals surface area contributed by atoms with Gasteiger partial charge in [0.05, 0.1) is 20.3 Å². The van der Waals surface area contributed by atoms with Crippen LogP contribution < -0.4 is 14.8 Å². The Morgan fingerprint density at radius 3 is 2.48 bits per heavy atom. The van der Waals surface area contributed by atoms with Crippen LogP contribution in [0.4, 0.5) is 0 Å². The maximum atomic E-state index is 12.5. The van der Waals surface area contributed by atoms with Crippen LogP contribution in [0.15, 0.2) is 23.3 Å². The standard InChI is InChI=1S/C19H27N3O3/c1-18(2)12-21-22(15-7-9-20-10-8-15)19(18,13-23)14-5-6-16(24-3)17(11-14)25-4/h5-6,11-13,15,20H,7-10H2,1-4H3. The number of methoxy groups -OCH3 is 2. The van der Waals surface area contributed by atoms with E-state index in [4.69, 9.17) is 9.47 Å². The van der Waals surface area contributed by atoms with Gasteiger partial charge in [0, 0.05) is 11.6 Å². The number of hydrazone groups is 1. The van der Waals surface area contributed by atoms with Crippen LogP contribution in [0.1, 0.15) is 32.3 Å². The summed E-state index contributed by atoms with van der Waals surface area (Å²) < 4.78 is 10.8. The zero-order chi connectivity index (χ0) is 18.1. The molecule has 3 rings (SSSR count). The zero-order valence-electron chi connectivity index (χ0n) is 15.4. The summed E-state index contributed by atoms with van der Waals surface area (Å²) in [7, 11) is 3.22. The maximum absolute atomic E-state index is 12.5. The summed E-state index contributed by atoms with van der Waals surface area (Å²) >= 11 is 0. The van der Waals surface area contributed by atoms with Crippen molar-refractivity contribution in [3.05, 3.63) is 23.8 Å². The number of aldehydes is 1. The molecular weight excluding hydrogens is 318 g/mol. The van der Waals surface area contributed by atoms with Gasteiger partial charge in [0.2, 0.25) is 0 Å². The van der Waals surface area contributed by atoms with Crippen LogP contribution in [-0.4, -0.2) is 50.9 Å². The minimum Gasteiger partial charge on any atom is -0.493 e. The Labute approximate surface area is 149 Å². The Kier molecular flexibility index (Phi) is 4.73. The third-order valence-electron chi connectivity index (χ3n) is 5.50. The number of carbonyl (C=O) groups excluding carboxylic acids is 1. The van der Waals surface area contributed by atoms with Crippen molar-refractivity contribution in [1.29, 1.82) is 0 Å². The molecule has 25 heavy (non-hydrogen) atoms. The molecule has 1 unspecified atom stereocenters. The molecule has 1 atom stereocenters. The minimum absolute atomic E-state index is 0.234. The van der Waals surface area contributed by atoms with Crippen molar-refractivity contribution in [2.45, 2.75) is 38.3 Å². The highest BCUT2D eigenvalue weighted by Gasteiger charge is 2.56. The smallest absolute Gasteiger partial charge is 0.161 e. The predicted molar refractivity (Wildman–Crippen MR) is 97.3 cm³/mol. The monoisotopic (exact) mass is 345 g/mol. The van der Waals surface area contributed by atoms with Gasteiger partial charge in [0.1, 0.15) is 5.54 Å². The normalized spacial score (nSPS) is 25.8. The molecule has 0 aliphatic carbocycles. The van der Waals surface area contributed by atoms with Gasteiger partial charge in [-0.1, -0.05) is 19.9 Å². The number of hydrogen-bond acceptors (Lipinski definition) is 6. The second kappa shape index (κ2) is 6.67. The molecule has 6 heteroatoms. The number of rotatable bonds is 5. The van der Waals surface area contributed by atoms with Crippen molar-refractivity contribution in [2.24, 2.45) is 10.5 Å². The molecule has 1 saturated heterocycles. The van der Waals surface area contributed by atoms with E-state index >= 15 is 0 Å². The summed E-state index contributed by atoms with van der Waals surface area (Å²) in [4.78, 5) is 12.5. The van der Waals surface area contributed by atoms with Gasteiger partial charge in [-0.15, -0.1) is 0 Å². The molecular formula is C19H27N3O3. The highest BCUT2D eigenvalue weighted by Crippen LogP contribution is 2.49. The summed E-state index contributed by atoms with van der Waals surface area (Å²) in [5.74, 6) is 1.27. The highest BCUT2D eigenvalue weighted by molar-refractivity contribution is 5.83. The lowest BCUT2D eigenvalue weighted by Crippen LogP contribution is -2.56. The Balaban J connectivity index is 2.10. The molecule has 2 aliphatic heterocycles. The largest absolute Gasteiger partial charge is 0.493 e. The van der Waals surface area contributed by atoms with E-state index < -0.39 is 11.0 Å². The summed E-state index contributed by atoms with van der Waals surface area (Å²) in [6.45, 7) is 6.00. The van der Waals surface area contributed by atoms with Crippen molar-refractivity contribution in [3.63, 3.8) is 0 Å². The Morgan fingerprint density at radius 1 is 1.20 bits per heavy atom. The number of carbonyl (C=O) groups is 1. The zero-order valence-corrected chi connectivity index (χ0v) is 15.4. The first-order chi connectivity index (χ1) is 12.0. The van der Waals surface area contributed by atoms with Crippen molar-refractivity contribution in [1.82, 2.24) is 10.3 Å². The first-order valence-corrected chi connectivity index (χ1v) is 8.74. The first-order valence-electron chi connectivity index (χ1n) is 8.74. The molecule has 0 bridgehead atoms. The van der Waals surface area contributed by atoms with E-state index in [9.17, 15) is 4.79 Å². The topological polar surface area (TPSA) is 63.2 Å². The third-order valence-corrected chi connectivity index (χ3v) is 5.50. The maximum Gasteiger partial charge on any atom is 0.161 e. The Bertz CT molecular complexity index is 668. The van der Waals surface area contributed by atoms with Gasteiger partial charge < -0.3 is 19.6 Å². The lowest BCUT2D eigenvalue weighted by molar-refractivity contribution is -0.125. The molecule has 2 heterocycles. The molecule has 0 saturated carbocycles. The van der Waals surface area contributed by atoms with Gasteiger partial charge in [-0.2, -0.15) is 5.10 Å². The number of nitrogens with one attached hydrogen (secondary N) is 1. The summed E-state index contributed by atoms with van der Waals surface area (Å²) in [6.07, 6.45) is 4.88. The number of piperidine rings is 1. The fourth-order valence-electron chi connectivity index (χ4n) is 3.98. The first kappa shape index (κ1) is 17.7. The van der Waals surface area contributed by atoms with Crippen LogP contribution in [0, 0.1) is 5.41 Å². The number of hydrogen-bond donors (Lipinski definition) is 1. The molecule has 0 spiro atoms. The fraction of sp³-hybridized carbons (Fsp3) is 0.579. The molecule has 1 aromatic rings. The van der Waals surface area contributed by atoms with Gasteiger partial charge in [-0.05, 0) is 43.6 Å².